The third-order valence-corrected chi connectivity index (χ3v) is 4.70. The quantitative estimate of drug-likeness (QED) is 0.756. The first-order valence-electron chi connectivity index (χ1n) is 8.93. The molecule has 2 rings (SSSR count). The van der Waals surface area contributed by atoms with Crippen molar-refractivity contribution in [3.05, 3.63) is 12.2 Å². The van der Waals surface area contributed by atoms with Gasteiger partial charge in [0.2, 0.25) is 0 Å². The molecule has 1 aliphatic rings. The Morgan fingerprint density at radius 1 is 1.29 bits per heavy atom. The van der Waals surface area contributed by atoms with Gasteiger partial charge in [-0.25, -0.2) is 4.98 Å². The summed E-state index contributed by atoms with van der Waals surface area (Å²) in [6.07, 6.45) is 13.7. The molecule has 0 saturated heterocycles. The van der Waals surface area contributed by atoms with Crippen LogP contribution in [0.15, 0.2) is 6.33 Å². The van der Waals surface area contributed by atoms with Gasteiger partial charge in [-0.3, -0.25) is 4.68 Å². The molecule has 1 aromatic heterocycles. The molecular formula is C17H32N4. The Hall–Kier alpha value is -0.900. The van der Waals surface area contributed by atoms with Crippen LogP contribution in [0.5, 0.6) is 0 Å². The van der Waals surface area contributed by atoms with Crippen LogP contribution in [-0.2, 0) is 13.0 Å². The molecule has 0 aliphatic heterocycles. The first kappa shape index (κ1) is 16.5. The third-order valence-electron chi connectivity index (χ3n) is 4.70. The molecule has 1 aromatic rings. The fourth-order valence-corrected chi connectivity index (χ4v) is 3.54. The van der Waals surface area contributed by atoms with Gasteiger partial charge in [-0.05, 0) is 31.7 Å². The number of nitrogens with one attached hydrogen (secondary N) is 1. The summed E-state index contributed by atoms with van der Waals surface area (Å²) >= 11 is 0. The molecule has 1 N–H and O–H groups in total. The van der Waals surface area contributed by atoms with E-state index in [1.54, 1.807) is 6.33 Å². The Kier molecular flexibility index (Phi) is 7.20. The highest BCUT2D eigenvalue weighted by Gasteiger charge is 2.17. The lowest BCUT2D eigenvalue weighted by Gasteiger charge is -2.24. The molecule has 1 fully saturated rings. The molecule has 1 atom stereocenters. The number of hydrogen-bond acceptors (Lipinski definition) is 3. The van der Waals surface area contributed by atoms with Gasteiger partial charge in [0, 0.05) is 19.0 Å². The smallest absolute Gasteiger partial charge is 0.138 e. The Balaban J connectivity index is 1.84. The van der Waals surface area contributed by atoms with Gasteiger partial charge < -0.3 is 5.32 Å². The van der Waals surface area contributed by atoms with E-state index in [-0.39, 0.29) is 0 Å². The van der Waals surface area contributed by atoms with E-state index in [9.17, 15) is 0 Å². The Morgan fingerprint density at radius 3 is 2.81 bits per heavy atom. The normalized spacial score (nSPS) is 18.0. The van der Waals surface area contributed by atoms with Crippen molar-refractivity contribution in [3.63, 3.8) is 0 Å². The van der Waals surface area contributed by atoms with Gasteiger partial charge in [-0.15, -0.1) is 0 Å². The Morgan fingerprint density at radius 2 is 2.10 bits per heavy atom. The van der Waals surface area contributed by atoms with E-state index in [2.05, 4.69) is 33.9 Å². The maximum atomic E-state index is 4.46. The molecule has 1 aliphatic carbocycles. The van der Waals surface area contributed by atoms with Crippen molar-refractivity contribution in [2.75, 3.05) is 6.54 Å². The zero-order valence-electron chi connectivity index (χ0n) is 13.9. The van der Waals surface area contributed by atoms with Crippen LogP contribution in [0.3, 0.4) is 0 Å². The van der Waals surface area contributed by atoms with Crippen LogP contribution in [0.1, 0.15) is 71.0 Å². The highest BCUT2D eigenvalue weighted by atomic mass is 15.3. The summed E-state index contributed by atoms with van der Waals surface area (Å²) in [6, 6.07) is 0.553. The molecule has 0 radical (unpaired) electrons. The number of aryl methyl sites for hydroxylation is 1. The summed E-state index contributed by atoms with van der Waals surface area (Å²) in [4.78, 5) is 4.46. The number of rotatable bonds is 9. The zero-order valence-corrected chi connectivity index (χ0v) is 13.9. The van der Waals surface area contributed by atoms with E-state index in [1.807, 2.05) is 0 Å². The molecule has 4 nitrogen and oxygen atoms in total. The monoisotopic (exact) mass is 292 g/mol. The van der Waals surface area contributed by atoms with E-state index in [0.29, 0.717) is 6.04 Å². The molecule has 120 valence electrons. The van der Waals surface area contributed by atoms with Gasteiger partial charge >= 0.3 is 0 Å². The molecule has 21 heavy (non-hydrogen) atoms. The van der Waals surface area contributed by atoms with Gasteiger partial charge in [0.05, 0.1) is 0 Å². The van der Waals surface area contributed by atoms with Crippen molar-refractivity contribution in [1.82, 2.24) is 20.1 Å². The standard InChI is InChI=1S/C17H32N4/c1-3-12-21-17(19-14-20-21)13-16(18-4-2)11-10-15-8-6-5-7-9-15/h14-16,18H,3-13H2,1-2H3. The van der Waals surface area contributed by atoms with Crippen LogP contribution < -0.4 is 5.32 Å². The van der Waals surface area contributed by atoms with Crippen LogP contribution in [0.4, 0.5) is 0 Å². The molecule has 0 aromatic carbocycles. The number of likely N-dealkylation sites (N-methyl/N-ethyl adjacent to an activating group) is 1. The minimum Gasteiger partial charge on any atom is -0.314 e. The molecule has 0 spiro atoms. The highest BCUT2D eigenvalue weighted by molar-refractivity contribution is 4.90. The average Bonchev–Trinajstić information content (AvgIpc) is 2.94. The Bertz CT molecular complexity index is 382. The number of nitrogens with zero attached hydrogens (tertiary/aromatic N) is 3. The summed E-state index contributed by atoms with van der Waals surface area (Å²) in [7, 11) is 0. The van der Waals surface area contributed by atoms with Crippen molar-refractivity contribution in [2.24, 2.45) is 5.92 Å². The second-order valence-electron chi connectivity index (χ2n) is 6.44. The predicted octanol–water partition coefficient (Wildman–Crippen LogP) is 3.57. The van der Waals surface area contributed by atoms with Crippen molar-refractivity contribution < 1.29 is 0 Å². The van der Waals surface area contributed by atoms with Crippen molar-refractivity contribution in [2.45, 2.75) is 84.2 Å². The lowest BCUT2D eigenvalue weighted by molar-refractivity contribution is 0.311. The molecule has 1 heterocycles. The lowest BCUT2D eigenvalue weighted by atomic mass is 9.85. The summed E-state index contributed by atoms with van der Waals surface area (Å²) in [6.45, 7) is 6.41. The van der Waals surface area contributed by atoms with E-state index in [1.165, 1.54) is 44.9 Å². The first-order valence-corrected chi connectivity index (χ1v) is 8.93. The SMILES string of the molecule is CCCn1ncnc1CC(CCC1CCCCC1)NCC. The highest BCUT2D eigenvalue weighted by Crippen LogP contribution is 2.28. The third kappa shape index (κ3) is 5.42. The summed E-state index contributed by atoms with van der Waals surface area (Å²) < 4.78 is 2.07. The molecule has 1 unspecified atom stereocenters. The minimum absolute atomic E-state index is 0.553. The fraction of sp³-hybridized carbons (Fsp3) is 0.882. The number of hydrogen-bond donors (Lipinski definition) is 1. The van der Waals surface area contributed by atoms with Gasteiger partial charge in [0.15, 0.2) is 0 Å². The summed E-state index contributed by atoms with van der Waals surface area (Å²) in [5.41, 5.74) is 0. The fourth-order valence-electron chi connectivity index (χ4n) is 3.54. The van der Waals surface area contributed by atoms with E-state index >= 15 is 0 Å². The molecular weight excluding hydrogens is 260 g/mol. The maximum Gasteiger partial charge on any atom is 0.138 e. The van der Waals surface area contributed by atoms with Crippen molar-refractivity contribution >= 4 is 0 Å². The minimum atomic E-state index is 0.553. The largest absolute Gasteiger partial charge is 0.314 e. The van der Waals surface area contributed by atoms with Gasteiger partial charge in [-0.2, -0.15) is 5.10 Å². The van der Waals surface area contributed by atoms with Gasteiger partial charge in [-0.1, -0.05) is 46.0 Å². The van der Waals surface area contributed by atoms with E-state index < -0.39 is 0 Å². The van der Waals surface area contributed by atoms with E-state index in [0.717, 1.165) is 37.7 Å². The lowest BCUT2D eigenvalue weighted by Crippen LogP contribution is -2.32. The number of aromatic nitrogens is 3. The molecule has 1 saturated carbocycles. The maximum absolute atomic E-state index is 4.46. The molecule has 0 bridgehead atoms. The summed E-state index contributed by atoms with van der Waals surface area (Å²) in [5, 5.41) is 8.00. The van der Waals surface area contributed by atoms with Crippen LogP contribution in [0.2, 0.25) is 0 Å². The van der Waals surface area contributed by atoms with Gasteiger partial charge in [0.1, 0.15) is 12.2 Å². The van der Waals surface area contributed by atoms with Crippen LogP contribution in [0.25, 0.3) is 0 Å². The zero-order chi connectivity index (χ0) is 14.9. The Labute approximate surface area is 129 Å². The molecule has 4 heteroatoms. The van der Waals surface area contributed by atoms with Crippen LogP contribution in [0, 0.1) is 5.92 Å². The van der Waals surface area contributed by atoms with E-state index in [4.69, 9.17) is 0 Å². The topological polar surface area (TPSA) is 42.7 Å². The van der Waals surface area contributed by atoms with Crippen molar-refractivity contribution in [1.29, 1.82) is 0 Å². The second kappa shape index (κ2) is 9.19. The summed E-state index contributed by atoms with van der Waals surface area (Å²) in [5.74, 6) is 2.11. The average molecular weight is 292 g/mol. The van der Waals surface area contributed by atoms with Crippen molar-refractivity contribution in [3.8, 4) is 0 Å². The molecule has 0 amide bonds. The predicted molar refractivity (Wildman–Crippen MR) is 87.3 cm³/mol. The van der Waals surface area contributed by atoms with Gasteiger partial charge in [0.25, 0.3) is 0 Å². The second-order valence-corrected chi connectivity index (χ2v) is 6.44. The van der Waals surface area contributed by atoms with Crippen LogP contribution in [-0.4, -0.2) is 27.4 Å². The van der Waals surface area contributed by atoms with Crippen LogP contribution >= 0.6 is 0 Å². The first-order chi connectivity index (χ1) is 10.3.